The minimum atomic E-state index is -0.136. The Morgan fingerprint density at radius 1 is 1.21 bits per heavy atom. The van der Waals surface area contributed by atoms with Crippen LogP contribution in [0, 0.1) is 12.8 Å². The van der Waals surface area contributed by atoms with Crippen LogP contribution in [0.5, 0.6) is 0 Å². The summed E-state index contributed by atoms with van der Waals surface area (Å²) in [6.45, 7) is 9.36. The zero-order chi connectivity index (χ0) is 20.5. The molecule has 1 aliphatic rings. The second kappa shape index (κ2) is 8.08. The van der Waals surface area contributed by atoms with Crippen molar-refractivity contribution in [1.29, 1.82) is 0 Å². The Hall–Kier alpha value is -2.51. The highest BCUT2D eigenvalue weighted by molar-refractivity contribution is 7.80. The van der Waals surface area contributed by atoms with Crippen molar-refractivity contribution < 1.29 is 4.52 Å². The summed E-state index contributed by atoms with van der Waals surface area (Å²) in [6, 6.07) is 12.3. The van der Waals surface area contributed by atoms with E-state index in [0.29, 0.717) is 17.6 Å². The van der Waals surface area contributed by atoms with Crippen LogP contribution in [-0.4, -0.2) is 26.7 Å². The zero-order valence-corrected chi connectivity index (χ0v) is 18.6. The highest BCUT2D eigenvalue weighted by Gasteiger charge is 2.34. The predicted octanol–water partition coefficient (Wildman–Crippen LogP) is 5.42. The minimum absolute atomic E-state index is 0.136. The van der Waals surface area contributed by atoms with Crippen LogP contribution in [0.1, 0.15) is 43.8 Å². The van der Waals surface area contributed by atoms with Gasteiger partial charge in [-0.05, 0) is 49.0 Å². The normalized spacial score (nSPS) is 17.2. The molecule has 0 saturated heterocycles. The van der Waals surface area contributed by atoms with Gasteiger partial charge in [0.05, 0.1) is 16.5 Å². The number of thiophene rings is 1. The number of rotatable bonds is 5. The molecule has 29 heavy (non-hydrogen) atoms. The molecule has 1 unspecified atom stereocenters. The number of nitrogens with one attached hydrogen (secondary N) is 1. The maximum absolute atomic E-state index is 5.74. The molecule has 0 saturated carbocycles. The van der Waals surface area contributed by atoms with E-state index in [-0.39, 0.29) is 6.04 Å². The van der Waals surface area contributed by atoms with E-state index < -0.39 is 0 Å². The summed E-state index contributed by atoms with van der Waals surface area (Å²) in [4.78, 5) is 7.85. The lowest BCUT2D eigenvalue weighted by atomic mass is 9.94. The highest BCUT2D eigenvalue weighted by atomic mass is 32.1. The summed E-state index contributed by atoms with van der Waals surface area (Å²) in [5, 5.41) is 10.5. The molecular weight excluding hydrogens is 400 g/mol. The minimum Gasteiger partial charge on any atom is -0.351 e. The number of allylic oxidation sites excluding steroid dienone is 1. The van der Waals surface area contributed by atoms with Crippen LogP contribution in [0.15, 0.2) is 52.0 Å². The van der Waals surface area contributed by atoms with Crippen molar-refractivity contribution in [3.05, 3.63) is 64.5 Å². The van der Waals surface area contributed by atoms with E-state index in [2.05, 4.69) is 67.3 Å². The summed E-state index contributed by atoms with van der Waals surface area (Å²) >= 11 is 7.31. The standard InChI is InChI=1S/C22H24N4OS2/c1-13(2)12-26-15(4)18(21-24-20(25-27-21)17-6-5-11-29-17)19(23-22(26)28)16-9-7-14(3)8-10-16/h5-11,13,19H,12H2,1-4H3,(H,23,28). The van der Waals surface area contributed by atoms with E-state index in [1.165, 1.54) is 5.56 Å². The van der Waals surface area contributed by atoms with Crippen molar-refractivity contribution in [1.82, 2.24) is 20.4 Å². The largest absolute Gasteiger partial charge is 0.351 e. The molecule has 7 heteroatoms. The van der Waals surface area contributed by atoms with Crippen molar-refractivity contribution in [2.24, 2.45) is 5.92 Å². The van der Waals surface area contributed by atoms with Gasteiger partial charge in [0.1, 0.15) is 0 Å². The molecule has 0 amide bonds. The SMILES string of the molecule is CC1=C(c2nc(-c3cccs3)no2)C(c2ccc(C)cc2)NC(=S)N1CC(C)C. The Balaban J connectivity index is 1.82. The molecule has 150 valence electrons. The van der Waals surface area contributed by atoms with Gasteiger partial charge in [-0.1, -0.05) is 54.9 Å². The van der Waals surface area contributed by atoms with Gasteiger partial charge < -0.3 is 14.7 Å². The fraction of sp³-hybridized carbons (Fsp3) is 0.318. The second-order valence-electron chi connectivity index (χ2n) is 7.70. The van der Waals surface area contributed by atoms with Crippen molar-refractivity contribution in [2.45, 2.75) is 33.7 Å². The lowest BCUT2D eigenvalue weighted by Crippen LogP contribution is -2.47. The number of nitrogens with zero attached hydrogens (tertiary/aromatic N) is 3. The van der Waals surface area contributed by atoms with Gasteiger partial charge in [0.15, 0.2) is 5.11 Å². The molecule has 5 nitrogen and oxygen atoms in total. The third-order valence-electron chi connectivity index (χ3n) is 4.95. The smallest absolute Gasteiger partial charge is 0.258 e. The van der Waals surface area contributed by atoms with Gasteiger partial charge in [0.2, 0.25) is 5.82 Å². The summed E-state index contributed by atoms with van der Waals surface area (Å²) in [5.74, 6) is 1.60. The lowest BCUT2D eigenvalue weighted by Gasteiger charge is -2.38. The molecule has 0 aliphatic carbocycles. The molecule has 3 heterocycles. The van der Waals surface area contributed by atoms with Crippen LogP contribution in [0.2, 0.25) is 0 Å². The number of aryl methyl sites for hydroxylation is 1. The van der Waals surface area contributed by atoms with Gasteiger partial charge in [-0.25, -0.2) is 0 Å². The first-order valence-corrected chi connectivity index (χ1v) is 11.0. The molecule has 4 rings (SSSR count). The Labute approximate surface area is 180 Å². The maximum atomic E-state index is 5.74. The average molecular weight is 425 g/mol. The number of thiocarbonyl (C=S) groups is 1. The topological polar surface area (TPSA) is 54.2 Å². The summed E-state index contributed by atoms with van der Waals surface area (Å²) in [6.07, 6.45) is 0. The third kappa shape index (κ3) is 3.97. The molecule has 0 radical (unpaired) electrons. The predicted molar refractivity (Wildman–Crippen MR) is 121 cm³/mol. The summed E-state index contributed by atoms with van der Waals surface area (Å²) in [7, 11) is 0. The highest BCUT2D eigenvalue weighted by Crippen LogP contribution is 2.38. The molecule has 2 aromatic heterocycles. The van der Waals surface area contributed by atoms with Crippen molar-refractivity contribution in [3.8, 4) is 10.7 Å². The molecule has 0 fully saturated rings. The van der Waals surface area contributed by atoms with E-state index in [4.69, 9.17) is 21.7 Å². The fourth-order valence-corrected chi connectivity index (χ4v) is 4.47. The average Bonchev–Trinajstić information content (AvgIpc) is 3.37. The molecule has 1 N–H and O–H groups in total. The number of aromatic nitrogens is 2. The maximum Gasteiger partial charge on any atom is 0.258 e. The van der Waals surface area contributed by atoms with Crippen LogP contribution in [0.25, 0.3) is 16.3 Å². The quantitative estimate of drug-likeness (QED) is 0.552. The van der Waals surface area contributed by atoms with Gasteiger partial charge in [0, 0.05) is 12.2 Å². The number of hydrogen-bond donors (Lipinski definition) is 1. The molecule has 3 aromatic rings. The molecular formula is C22H24N4OS2. The van der Waals surface area contributed by atoms with E-state index in [1.807, 2.05) is 17.5 Å². The summed E-state index contributed by atoms with van der Waals surface area (Å²) < 4.78 is 5.74. The first-order valence-electron chi connectivity index (χ1n) is 9.67. The van der Waals surface area contributed by atoms with Crippen molar-refractivity contribution >= 4 is 34.2 Å². The van der Waals surface area contributed by atoms with Crippen LogP contribution < -0.4 is 5.32 Å². The van der Waals surface area contributed by atoms with Gasteiger partial charge in [-0.3, -0.25) is 0 Å². The van der Waals surface area contributed by atoms with Crippen LogP contribution >= 0.6 is 23.6 Å². The van der Waals surface area contributed by atoms with Gasteiger partial charge in [-0.2, -0.15) is 4.98 Å². The van der Waals surface area contributed by atoms with Crippen LogP contribution in [0.3, 0.4) is 0 Å². The van der Waals surface area contributed by atoms with Gasteiger partial charge >= 0.3 is 0 Å². The zero-order valence-electron chi connectivity index (χ0n) is 17.0. The Morgan fingerprint density at radius 2 is 1.97 bits per heavy atom. The van der Waals surface area contributed by atoms with Gasteiger partial charge in [0.25, 0.3) is 5.89 Å². The first-order chi connectivity index (χ1) is 13.9. The molecule has 0 bridgehead atoms. The third-order valence-corrected chi connectivity index (χ3v) is 6.16. The number of hydrogen-bond acceptors (Lipinski definition) is 5. The van der Waals surface area contributed by atoms with Gasteiger partial charge in [-0.15, -0.1) is 11.3 Å². The molecule has 1 atom stereocenters. The van der Waals surface area contributed by atoms with E-state index in [1.54, 1.807) is 11.3 Å². The monoisotopic (exact) mass is 424 g/mol. The Morgan fingerprint density at radius 3 is 2.62 bits per heavy atom. The van der Waals surface area contributed by atoms with E-state index >= 15 is 0 Å². The lowest BCUT2D eigenvalue weighted by molar-refractivity contribution is 0.386. The van der Waals surface area contributed by atoms with E-state index in [0.717, 1.165) is 33.4 Å². The van der Waals surface area contributed by atoms with Crippen molar-refractivity contribution in [3.63, 3.8) is 0 Å². The fourth-order valence-electron chi connectivity index (χ4n) is 3.49. The van der Waals surface area contributed by atoms with E-state index in [9.17, 15) is 0 Å². The van der Waals surface area contributed by atoms with Crippen LogP contribution in [0.4, 0.5) is 0 Å². The summed E-state index contributed by atoms with van der Waals surface area (Å²) in [5.41, 5.74) is 4.36. The molecule has 1 aromatic carbocycles. The number of benzene rings is 1. The Bertz CT molecular complexity index is 1040. The van der Waals surface area contributed by atoms with Crippen LogP contribution in [-0.2, 0) is 0 Å². The second-order valence-corrected chi connectivity index (χ2v) is 9.03. The Kier molecular flexibility index (Phi) is 5.52. The molecule has 1 aliphatic heterocycles. The first kappa shape index (κ1) is 19.8. The molecule has 0 spiro atoms. The van der Waals surface area contributed by atoms with Crippen molar-refractivity contribution in [2.75, 3.05) is 6.54 Å².